The number of rotatable bonds is 2. The molecule has 4 heteroatoms. The fraction of sp³-hybridized carbons (Fsp3) is 0.900. The van der Waals surface area contributed by atoms with Crippen molar-refractivity contribution in [2.45, 2.75) is 39.0 Å². The van der Waals surface area contributed by atoms with Gasteiger partial charge in [-0.25, -0.2) is 5.84 Å². The Bertz CT molecular complexity index is 194. The second kappa shape index (κ2) is 5.20. The van der Waals surface area contributed by atoms with Crippen molar-refractivity contribution >= 4 is 5.96 Å². The molecule has 0 bridgehead atoms. The van der Waals surface area contributed by atoms with Crippen LogP contribution in [0.1, 0.15) is 39.0 Å². The van der Waals surface area contributed by atoms with Crippen LogP contribution >= 0.6 is 0 Å². The third kappa shape index (κ3) is 3.18. The van der Waals surface area contributed by atoms with E-state index < -0.39 is 0 Å². The van der Waals surface area contributed by atoms with Crippen molar-refractivity contribution in [2.24, 2.45) is 16.3 Å². The maximum Gasteiger partial charge on any atom is 0.205 e. The van der Waals surface area contributed by atoms with Crippen LogP contribution in [-0.4, -0.2) is 19.6 Å². The maximum atomic E-state index is 5.30. The summed E-state index contributed by atoms with van der Waals surface area (Å²) in [7, 11) is 1.73. The Morgan fingerprint density at radius 2 is 2.00 bits per heavy atom. The van der Waals surface area contributed by atoms with Gasteiger partial charge in [0.25, 0.3) is 0 Å². The maximum absolute atomic E-state index is 5.30. The van der Waals surface area contributed by atoms with E-state index in [4.69, 9.17) is 5.84 Å². The van der Waals surface area contributed by atoms with Gasteiger partial charge >= 0.3 is 0 Å². The van der Waals surface area contributed by atoms with E-state index in [9.17, 15) is 0 Å². The van der Waals surface area contributed by atoms with Gasteiger partial charge < -0.3 is 5.32 Å². The SMILES string of the molecule is CN=C(NN)NCC1(C)CCCCC1. The lowest BCUT2D eigenvalue weighted by Crippen LogP contribution is -2.46. The zero-order valence-electron chi connectivity index (χ0n) is 9.27. The van der Waals surface area contributed by atoms with Gasteiger partial charge in [-0.2, -0.15) is 0 Å². The van der Waals surface area contributed by atoms with Crippen LogP contribution in [0.3, 0.4) is 0 Å². The number of aliphatic imine (C=N–C) groups is 1. The molecule has 0 amide bonds. The van der Waals surface area contributed by atoms with E-state index in [0.29, 0.717) is 11.4 Å². The van der Waals surface area contributed by atoms with Gasteiger partial charge in [0.05, 0.1) is 0 Å². The van der Waals surface area contributed by atoms with E-state index in [1.807, 2.05) is 0 Å². The fourth-order valence-electron chi connectivity index (χ4n) is 2.07. The zero-order valence-corrected chi connectivity index (χ0v) is 9.27. The van der Waals surface area contributed by atoms with Crippen LogP contribution in [0.4, 0.5) is 0 Å². The minimum absolute atomic E-state index is 0.422. The number of nitrogens with two attached hydrogens (primary N) is 1. The normalized spacial score (nSPS) is 21.8. The summed E-state index contributed by atoms with van der Waals surface area (Å²) in [6.07, 6.45) is 6.71. The summed E-state index contributed by atoms with van der Waals surface area (Å²) in [6.45, 7) is 3.30. The zero-order chi connectivity index (χ0) is 10.4. The smallest absolute Gasteiger partial charge is 0.205 e. The number of hydrogen-bond donors (Lipinski definition) is 3. The Kier molecular flexibility index (Phi) is 4.20. The topological polar surface area (TPSA) is 62.4 Å². The molecule has 0 heterocycles. The average molecular weight is 198 g/mol. The molecule has 4 nitrogen and oxygen atoms in total. The molecule has 1 saturated carbocycles. The predicted octanol–water partition coefficient (Wildman–Crippen LogP) is 0.995. The first-order chi connectivity index (χ1) is 6.70. The molecule has 14 heavy (non-hydrogen) atoms. The molecule has 0 aromatic rings. The number of nitrogens with one attached hydrogen (secondary N) is 2. The summed E-state index contributed by atoms with van der Waals surface area (Å²) in [5.41, 5.74) is 2.97. The molecule has 0 unspecified atom stereocenters. The molecule has 0 aromatic carbocycles. The monoisotopic (exact) mass is 198 g/mol. The summed E-state index contributed by atoms with van der Waals surface area (Å²) >= 11 is 0. The number of hydrogen-bond acceptors (Lipinski definition) is 2. The molecule has 1 rings (SSSR count). The van der Waals surface area contributed by atoms with Gasteiger partial charge in [-0.3, -0.25) is 10.4 Å². The lowest BCUT2D eigenvalue weighted by atomic mass is 9.76. The molecular formula is C10H22N4. The summed E-state index contributed by atoms with van der Waals surface area (Å²) < 4.78 is 0. The van der Waals surface area contributed by atoms with Crippen molar-refractivity contribution in [3.8, 4) is 0 Å². The van der Waals surface area contributed by atoms with Gasteiger partial charge in [0.15, 0.2) is 0 Å². The Morgan fingerprint density at radius 1 is 1.36 bits per heavy atom. The summed E-state index contributed by atoms with van der Waals surface area (Å²) in [4.78, 5) is 3.99. The lowest BCUT2D eigenvalue weighted by Gasteiger charge is -2.34. The van der Waals surface area contributed by atoms with E-state index in [1.165, 1.54) is 32.1 Å². The van der Waals surface area contributed by atoms with Gasteiger partial charge in [-0.1, -0.05) is 26.2 Å². The van der Waals surface area contributed by atoms with Gasteiger partial charge in [0, 0.05) is 13.6 Å². The first kappa shape index (κ1) is 11.3. The summed E-state index contributed by atoms with van der Waals surface area (Å²) in [6, 6.07) is 0. The molecule has 1 aliphatic carbocycles. The Hall–Kier alpha value is -0.770. The highest BCUT2D eigenvalue weighted by atomic mass is 15.3. The predicted molar refractivity (Wildman–Crippen MR) is 59.9 cm³/mol. The average Bonchev–Trinajstić information content (AvgIpc) is 2.20. The van der Waals surface area contributed by atoms with Crippen LogP contribution in [0.25, 0.3) is 0 Å². The number of nitrogens with zero attached hydrogens (tertiary/aromatic N) is 1. The van der Waals surface area contributed by atoms with Crippen LogP contribution in [0.5, 0.6) is 0 Å². The van der Waals surface area contributed by atoms with Gasteiger partial charge in [0.1, 0.15) is 0 Å². The number of hydrazine groups is 1. The second-order valence-electron chi connectivity index (χ2n) is 4.44. The third-order valence-electron chi connectivity index (χ3n) is 3.10. The highest BCUT2D eigenvalue weighted by molar-refractivity contribution is 5.78. The molecule has 0 radical (unpaired) electrons. The molecule has 4 N–H and O–H groups in total. The van der Waals surface area contributed by atoms with Crippen LogP contribution < -0.4 is 16.6 Å². The Labute approximate surface area is 86.3 Å². The molecule has 0 aliphatic heterocycles. The van der Waals surface area contributed by atoms with Crippen LogP contribution in [0.2, 0.25) is 0 Å². The second-order valence-corrected chi connectivity index (χ2v) is 4.44. The van der Waals surface area contributed by atoms with Gasteiger partial charge in [-0.15, -0.1) is 0 Å². The quantitative estimate of drug-likeness (QED) is 0.268. The van der Waals surface area contributed by atoms with Crippen molar-refractivity contribution < 1.29 is 0 Å². The van der Waals surface area contributed by atoms with Crippen molar-refractivity contribution in [1.82, 2.24) is 10.7 Å². The largest absolute Gasteiger partial charge is 0.355 e. The lowest BCUT2D eigenvalue weighted by molar-refractivity contribution is 0.217. The Morgan fingerprint density at radius 3 is 2.50 bits per heavy atom. The Balaban J connectivity index is 2.35. The van der Waals surface area contributed by atoms with Crippen LogP contribution in [-0.2, 0) is 0 Å². The van der Waals surface area contributed by atoms with Gasteiger partial charge in [0.2, 0.25) is 5.96 Å². The van der Waals surface area contributed by atoms with Gasteiger partial charge in [-0.05, 0) is 18.3 Å². The van der Waals surface area contributed by atoms with Crippen molar-refractivity contribution in [1.29, 1.82) is 0 Å². The van der Waals surface area contributed by atoms with Crippen molar-refractivity contribution in [3.63, 3.8) is 0 Å². The first-order valence-corrected chi connectivity index (χ1v) is 5.37. The minimum atomic E-state index is 0.422. The molecule has 82 valence electrons. The van der Waals surface area contributed by atoms with E-state index in [2.05, 4.69) is 22.7 Å². The molecule has 0 atom stereocenters. The molecule has 0 aromatic heterocycles. The highest BCUT2D eigenvalue weighted by Crippen LogP contribution is 2.34. The fourth-order valence-corrected chi connectivity index (χ4v) is 2.07. The third-order valence-corrected chi connectivity index (χ3v) is 3.10. The minimum Gasteiger partial charge on any atom is -0.355 e. The molecule has 0 spiro atoms. The molecular weight excluding hydrogens is 176 g/mol. The van der Waals surface area contributed by atoms with E-state index in [-0.39, 0.29) is 0 Å². The number of guanidine groups is 1. The molecule has 1 aliphatic rings. The van der Waals surface area contributed by atoms with E-state index in [1.54, 1.807) is 7.05 Å². The first-order valence-electron chi connectivity index (χ1n) is 5.37. The molecule has 1 fully saturated rings. The standard InChI is InChI=1S/C10H22N4/c1-10(6-4-3-5-7-10)8-13-9(12-2)14-11/h3-8,11H2,1-2H3,(H2,12,13,14). The summed E-state index contributed by atoms with van der Waals surface area (Å²) in [5.74, 6) is 5.98. The van der Waals surface area contributed by atoms with E-state index >= 15 is 0 Å². The van der Waals surface area contributed by atoms with Crippen molar-refractivity contribution in [2.75, 3.05) is 13.6 Å². The summed E-state index contributed by atoms with van der Waals surface area (Å²) in [5, 5.41) is 3.24. The highest BCUT2D eigenvalue weighted by Gasteiger charge is 2.26. The van der Waals surface area contributed by atoms with Crippen LogP contribution in [0.15, 0.2) is 4.99 Å². The van der Waals surface area contributed by atoms with E-state index in [0.717, 1.165) is 6.54 Å². The van der Waals surface area contributed by atoms with Crippen LogP contribution in [0, 0.1) is 5.41 Å². The molecule has 0 saturated heterocycles. The van der Waals surface area contributed by atoms with Crippen molar-refractivity contribution in [3.05, 3.63) is 0 Å².